The van der Waals surface area contributed by atoms with Crippen LogP contribution in [0.3, 0.4) is 0 Å². The molecule has 0 saturated heterocycles. The smallest absolute Gasteiger partial charge is 0.239 e. The van der Waals surface area contributed by atoms with Crippen molar-refractivity contribution in [1.29, 1.82) is 0 Å². The highest BCUT2D eigenvalue weighted by Gasteiger charge is 2.16. The van der Waals surface area contributed by atoms with Crippen LogP contribution in [-0.4, -0.2) is 56.5 Å². The number of halogens is 1. The van der Waals surface area contributed by atoms with Gasteiger partial charge in [-0.05, 0) is 52.6 Å². The Bertz CT molecular complexity index is 578. The van der Waals surface area contributed by atoms with Gasteiger partial charge in [-0.15, -0.1) is 0 Å². The number of amides is 1. The first-order valence-electron chi connectivity index (χ1n) is 8.30. The molecular formula is C18H30ClN5O. The van der Waals surface area contributed by atoms with E-state index < -0.39 is 0 Å². The van der Waals surface area contributed by atoms with E-state index in [1.807, 2.05) is 59.1 Å². The van der Waals surface area contributed by atoms with Crippen LogP contribution in [0.1, 0.15) is 32.4 Å². The number of nitrogens with one attached hydrogen (secondary N) is 3. The summed E-state index contributed by atoms with van der Waals surface area (Å²) in [6.45, 7) is 6.67. The molecule has 1 aromatic carbocycles. The molecule has 0 radical (unpaired) electrons. The lowest BCUT2D eigenvalue weighted by Crippen LogP contribution is -2.49. The fourth-order valence-electron chi connectivity index (χ4n) is 2.32. The van der Waals surface area contributed by atoms with Crippen molar-refractivity contribution in [2.45, 2.75) is 32.4 Å². The van der Waals surface area contributed by atoms with Crippen LogP contribution >= 0.6 is 11.6 Å². The number of aliphatic imine (C=N–C) groups is 1. The van der Waals surface area contributed by atoms with Gasteiger partial charge >= 0.3 is 0 Å². The van der Waals surface area contributed by atoms with E-state index in [1.54, 1.807) is 7.05 Å². The molecule has 0 bridgehead atoms. The number of hydrogen-bond acceptors (Lipinski definition) is 3. The molecule has 0 fully saturated rings. The van der Waals surface area contributed by atoms with Gasteiger partial charge in [0.1, 0.15) is 0 Å². The van der Waals surface area contributed by atoms with E-state index in [0.717, 1.165) is 10.6 Å². The Morgan fingerprint density at radius 2 is 1.80 bits per heavy atom. The van der Waals surface area contributed by atoms with Gasteiger partial charge in [0.15, 0.2) is 5.96 Å². The van der Waals surface area contributed by atoms with Crippen molar-refractivity contribution in [3.05, 3.63) is 34.9 Å². The molecule has 0 aliphatic carbocycles. The molecule has 0 spiro atoms. The highest BCUT2D eigenvalue weighted by atomic mass is 35.5. The number of carbonyl (C=O) groups excluding carboxylic acids is 1. The first-order valence-corrected chi connectivity index (χ1v) is 8.67. The number of guanidine groups is 1. The molecule has 6 nitrogen and oxygen atoms in total. The molecule has 7 heteroatoms. The van der Waals surface area contributed by atoms with Crippen molar-refractivity contribution in [3.8, 4) is 0 Å². The van der Waals surface area contributed by atoms with Crippen molar-refractivity contribution in [2.24, 2.45) is 4.99 Å². The van der Waals surface area contributed by atoms with Crippen LogP contribution in [0.25, 0.3) is 0 Å². The Balaban J connectivity index is 2.59. The van der Waals surface area contributed by atoms with Crippen LogP contribution in [0, 0.1) is 0 Å². The van der Waals surface area contributed by atoms with Gasteiger partial charge in [0.25, 0.3) is 0 Å². The van der Waals surface area contributed by atoms with E-state index in [0.29, 0.717) is 12.5 Å². The minimum atomic E-state index is -0.250. The van der Waals surface area contributed by atoms with Crippen LogP contribution in [0.4, 0.5) is 0 Å². The fraction of sp³-hybridized carbons (Fsp3) is 0.556. The van der Waals surface area contributed by atoms with Gasteiger partial charge in [-0.25, -0.2) is 0 Å². The molecule has 0 saturated carbocycles. The lowest BCUT2D eigenvalue weighted by atomic mass is 10.1. The molecule has 1 unspecified atom stereocenters. The third kappa shape index (κ3) is 8.23. The third-order valence-electron chi connectivity index (χ3n) is 3.50. The maximum atomic E-state index is 11.9. The maximum Gasteiger partial charge on any atom is 0.239 e. The Hall–Kier alpha value is -1.79. The van der Waals surface area contributed by atoms with Gasteiger partial charge in [-0.3, -0.25) is 9.79 Å². The van der Waals surface area contributed by atoms with Crippen molar-refractivity contribution < 1.29 is 4.79 Å². The van der Waals surface area contributed by atoms with Crippen LogP contribution in [0.2, 0.25) is 5.02 Å². The first-order chi connectivity index (χ1) is 11.6. The molecule has 140 valence electrons. The summed E-state index contributed by atoms with van der Waals surface area (Å²) >= 11 is 5.97. The largest absolute Gasteiger partial charge is 0.354 e. The van der Waals surface area contributed by atoms with E-state index in [1.165, 1.54) is 0 Å². The number of nitrogens with zero attached hydrogens (tertiary/aromatic N) is 2. The van der Waals surface area contributed by atoms with Crippen molar-refractivity contribution in [3.63, 3.8) is 0 Å². The highest BCUT2D eigenvalue weighted by Crippen LogP contribution is 2.19. The lowest BCUT2D eigenvalue weighted by molar-refractivity contribution is -0.121. The number of carbonyl (C=O) groups is 1. The third-order valence-corrected chi connectivity index (χ3v) is 3.75. The molecule has 0 heterocycles. The predicted octanol–water partition coefficient (Wildman–Crippen LogP) is 2.02. The topological polar surface area (TPSA) is 68.8 Å². The molecule has 1 aromatic rings. The van der Waals surface area contributed by atoms with Crippen LogP contribution in [-0.2, 0) is 4.79 Å². The zero-order chi connectivity index (χ0) is 19.0. The quantitative estimate of drug-likeness (QED) is 0.531. The molecule has 0 aliphatic rings. The second-order valence-electron chi connectivity index (χ2n) is 7.14. The summed E-state index contributed by atoms with van der Waals surface area (Å²) < 4.78 is 0. The van der Waals surface area contributed by atoms with E-state index >= 15 is 0 Å². The summed E-state index contributed by atoms with van der Waals surface area (Å²) in [4.78, 5) is 18.2. The van der Waals surface area contributed by atoms with E-state index in [9.17, 15) is 4.79 Å². The van der Waals surface area contributed by atoms with Gasteiger partial charge in [0.2, 0.25) is 5.91 Å². The van der Waals surface area contributed by atoms with E-state index in [-0.39, 0.29) is 24.0 Å². The summed E-state index contributed by atoms with van der Waals surface area (Å²) in [6, 6.07) is 7.96. The minimum absolute atomic E-state index is 0.0719. The van der Waals surface area contributed by atoms with E-state index in [4.69, 9.17) is 11.6 Å². The number of likely N-dealkylation sites (N-methyl/N-ethyl adjacent to an activating group) is 1. The minimum Gasteiger partial charge on any atom is -0.354 e. The number of rotatable bonds is 6. The Morgan fingerprint density at radius 1 is 1.20 bits per heavy atom. The zero-order valence-corrected chi connectivity index (χ0v) is 16.7. The van der Waals surface area contributed by atoms with Crippen molar-refractivity contribution in [2.75, 3.05) is 34.2 Å². The molecular weight excluding hydrogens is 338 g/mol. The monoisotopic (exact) mass is 367 g/mol. The molecule has 0 aliphatic heterocycles. The standard InChI is InChI=1S/C18H30ClN5O/c1-18(2,3)23-16(25)12-22-17(20-4)21-11-15(24(5)6)13-7-9-14(19)10-8-13/h7-10,15H,11-12H2,1-6H3,(H,23,25)(H2,20,21,22). The molecule has 1 atom stereocenters. The van der Waals surface area contributed by atoms with Crippen LogP contribution in [0.5, 0.6) is 0 Å². The lowest BCUT2D eigenvalue weighted by Gasteiger charge is -2.26. The second kappa shape index (κ2) is 9.63. The van der Waals surface area contributed by atoms with Gasteiger partial charge in [0.05, 0.1) is 12.6 Å². The molecule has 1 amide bonds. The second-order valence-corrected chi connectivity index (χ2v) is 7.57. The highest BCUT2D eigenvalue weighted by molar-refractivity contribution is 6.30. The summed E-state index contributed by atoms with van der Waals surface area (Å²) in [6.07, 6.45) is 0. The fourth-order valence-corrected chi connectivity index (χ4v) is 2.45. The number of benzene rings is 1. The zero-order valence-electron chi connectivity index (χ0n) is 16.0. The summed E-state index contributed by atoms with van der Waals surface area (Å²) in [5, 5.41) is 9.93. The van der Waals surface area contributed by atoms with Crippen molar-refractivity contribution in [1.82, 2.24) is 20.9 Å². The Labute approximate surface area is 156 Å². The van der Waals surface area contributed by atoms with E-state index in [2.05, 4.69) is 25.8 Å². The Kier molecular flexibility index (Phi) is 8.19. The van der Waals surface area contributed by atoms with Gasteiger partial charge < -0.3 is 20.9 Å². The maximum absolute atomic E-state index is 11.9. The van der Waals surface area contributed by atoms with Gasteiger partial charge in [-0.1, -0.05) is 23.7 Å². The van der Waals surface area contributed by atoms with Crippen molar-refractivity contribution >= 4 is 23.5 Å². The predicted molar refractivity (Wildman–Crippen MR) is 105 cm³/mol. The molecule has 1 rings (SSSR count). The normalized spacial score (nSPS) is 13.5. The number of hydrogen-bond donors (Lipinski definition) is 3. The Morgan fingerprint density at radius 3 is 2.28 bits per heavy atom. The van der Waals surface area contributed by atoms with Gasteiger partial charge in [0, 0.05) is 24.2 Å². The average molecular weight is 368 g/mol. The first kappa shape index (κ1) is 21.3. The van der Waals surface area contributed by atoms with Gasteiger partial charge in [-0.2, -0.15) is 0 Å². The molecule has 3 N–H and O–H groups in total. The van der Waals surface area contributed by atoms with Crippen LogP contribution in [0.15, 0.2) is 29.3 Å². The summed E-state index contributed by atoms with van der Waals surface area (Å²) in [5.74, 6) is 0.516. The average Bonchev–Trinajstić information content (AvgIpc) is 2.50. The summed E-state index contributed by atoms with van der Waals surface area (Å²) in [7, 11) is 5.73. The van der Waals surface area contributed by atoms with Crippen LogP contribution < -0.4 is 16.0 Å². The summed E-state index contributed by atoms with van der Waals surface area (Å²) in [5.41, 5.74) is 0.906. The SMILES string of the molecule is CN=C(NCC(=O)NC(C)(C)C)NCC(c1ccc(Cl)cc1)N(C)C. The molecule has 0 aromatic heterocycles. The molecule has 25 heavy (non-hydrogen) atoms.